The van der Waals surface area contributed by atoms with Gasteiger partial charge in [-0.15, -0.1) is 0 Å². The fourth-order valence-corrected chi connectivity index (χ4v) is 3.37. The molecule has 0 saturated heterocycles. The zero-order valence-electron chi connectivity index (χ0n) is 14.6. The van der Waals surface area contributed by atoms with E-state index >= 15 is 0 Å². The van der Waals surface area contributed by atoms with Crippen molar-refractivity contribution in [1.29, 1.82) is 0 Å². The van der Waals surface area contributed by atoms with Crippen molar-refractivity contribution in [3.05, 3.63) is 93.7 Å². The van der Waals surface area contributed by atoms with Crippen molar-refractivity contribution in [2.24, 2.45) is 0 Å². The molecule has 2 unspecified atom stereocenters. The number of halogens is 2. The van der Waals surface area contributed by atoms with E-state index in [9.17, 15) is 4.79 Å². The molecule has 0 aliphatic rings. The summed E-state index contributed by atoms with van der Waals surface area (Å²) in [6.07, 6.45) is 1.01. The van der Waals surface area contributed by atoms with Gasteiger partial charge in [-0.3, -0.25) is 9.78 Å². The number of hydrogen-bond acceptors (Lipinski definition) is 3. The number of hydrogen-bond donors (Lipinski definition) is 1. The lowest BCUT2D eigenvalue weighted by atomic mass is 10.0. The van der Waals surface area contributed by atoms with E-state index in [1.165, 1.54) is 0 Å². The standard InChI is InChI=1S/C21H18BrClN2O2/c1-14(27-19-11-10-16(23)13-17(19)22)21(26)25-20(15-7-3-2-4-8-15)18-9-5-6-12-24-18/h2-14,20H,1H3,(H,25,26). The fourth-order valence-electron chi connectivity index (χ4n) is 2.59. The predicted octanol–water partition coefficient (Wildman–Crippen LogP) is 5.17. The van der Waals surface area contributed by atoms with Crippen LogP contribution in [0, 0.1) is 0 Å². The van der Waals surface area contributed by atoms with E-state index in [4.69, 9.17) is 16.3 Å². The summed E-state index contributed by atoms with van der Waals surface area (Å²) in [4.78, 5) is 17.2. The predicted molar refractivity (Wildman–Crippen MR) is 110 cm³/mol. The van der Waals surface area contributed by atoms with Gasteiger partial charge in [-0.2, -0.15) is 0 Å². The first-order chi connectivity index (χ1) is 13.0. The molecule has 1 heterocycles. The van der Waals surface area contributed by atoms with Crippen LogP contribution in [0.15, 0.2) is 77.4 Å². The highest BCUT2D eigenvalue weighted by Gasteiger charge is 2.23. The van der Waals surface area contributed by atoms with Gasteiger partial charge in [0.05, 0.1) is 16.2 Å². The zero-order valence-corrected chi connectivity index (χ0v) is 16.9. The number of rotatable bonds is 6. The lowest BCUT2D eigenvalue weighted by Gasteiger charge is -2.22. The second kappa shape index (κ2) is 9.02. The Bertz CT molecular complexity index is 867. The Hall–Kier alpha value is -2.37. The van der Waals surface area contributed by atoms with Gasteiger partial charge in [0.25, 0.3) is 5.91 Å². The summed E-state index contributed by atoms with van der Waals surface area (Å²) >= 11 is 9.35. The highest BCUT2D eigenvalue weighted by molar-refractivity contribution is 9.10. The van der Waals surface area contributed by atoms with Crippen molar-refractivity contribution < 1.29 is 9.53 Å². The van der Waals surface area contributed by atoms with Crippen LogP contribution in [0.2, 0.25) is 5.02 Å². The molecule has 1 N–H and O–H groups in total. The van der Waals surface area contributed by atoms with E-state index in [2.05, 4.69) is 26.2 Å². The van der Waals surface area contributed by atoms with Gasteiger partial charge in [0.1, 0.15) is 5.75 Å². The highest BCUT2D eigenvalue weighted by atomic mass is 79.9. The molecule has 0 radical (unpaired) electrons. The van der Waals surface area contributed by atoms with E-state index in [0.717, 1.165) is 11.3 Å². The molecule has 2 atom stereocenters. The van der Waals surface area contributed by atoms with Crippen LogP contribution < -0.4 is 10.1 Å². The minimum atomic E-state index is -0.697. The Balaban J connectivity index is 1.78. The van der Waals surface area contributed by atoms with Crippen molar-refractivity contribution in [3.63, 3.8) is 0 Å². The van der Waals surface area contributed by atoms with Gasteiger partial charge in [0.15, 0.2) is 6.10 Å². The molecular formula is C21H18BrClN2O2. The molecule has 0 saturated carbocycles. The van der Waals surface area contributed by atoms with Crippen LogP contribution in [0.3, 0.4) is 0 Å². The first-order valence-electron chi connectivity index (χ1n) is 8.42. The largest absolute Gasteiger partial charge is 0.480 e. The van der Waals surface area contributed by atoms with E-state index < -0.39 is 6.10 Å². The van der Waals surface area contributed by atoms with Crippen LogP contribution in [0.4, 0.5) is 0 Å². The molecule has 6 heteroatoms. The maximum absolute atomic E-state index is 12.8. The summed E-state index contributed by atoms with van der Waals surface area (Å²) in [5, 5.41) is 3.62. The molecule has 3 aromatic rings. The number of pyridine rings is 1. The Morgan fingerprint density at radius 3 is 2.52 bits per heavy atom. The monoisotopic (exact) mass is 444 g/mol. The van der Waals surface area contributed by atoms with Crippen LogP contribution in [0.25, 0.3) is 0 Å². The number of nitrogens with zero attached hydrogens (tertiary/aromatic N) is 1. The third-order valence-corrected chi connectivity index (χ3v) is 4.82. The summed E-state index contributed by atoms with van der Waals surface area (Å²) in [5.41, 5.74) is 1.71. The number of ether oxygens (including phenoxy) is 1. The van der Waals surface area contributed by atoms with Crippen LogP contribution in [-0.2, 0) is 4.79 Å². The van der Waals surface area contributed by atoms with Crippen LogP contribution in [0.1, 0.15) is 24.2 Å². The highest BCUT2D eigenvalue weighted by Crippen LogP contribution is 2.29. The molecule has 0 aliphatic carbocycles. The van der Waals surface area contributed by atoms with Crippen molar-refractivity contribution in [2.45, 2.75) is 19.1 Å². The number of carbonyl (C=O) groups is 1. The summed E-state index contributed by atoms with van der Waals surface area (Å²) in [6, 6.07) is 20.2. The normalized spacial score (nSPS) is 12.9. The minimum Gasteiger partial charge on any atom is -0.480 e. The SMILES string of the molecule is CC(Oc1ccc(Cl)cc1Br)C(=O)NC(c1ccccc1)c1ccccn1. The third-order valence-electron chi connectivity index (χ3n) is 3.97. The first-order valence-corrected chi connectivity index (χ1v) is 9.59. The maximum atomic E-state index is 12.8. The molecule has 138 valence electrons. The molecule has 1 amide bonds. The van der Waals surface area contributed by atoms with Crippen LogP contribution >= 0.6 is 27.5 Å². The molecule has 0 bridgehead atoms. The second-order valence-corrected chi connectivity index (χ2v) is 7.23. The summed E-state index contributed by atoms with van der Waals surface area (Å²) < 4.78 is 6.49. The van der Waals surface area contributed by atoms with E-state index in [-0.39, 0.29) is 11.9 Å². The number of benzene rings is 2. The number of carbonyl (C=O) groups excluding carboxylic acids is 1. The lowest BCUT2D eigenvalue weighted by Crippen LogP contribution is -2.39. The summed E-state index contributed by atoms with van der Waals surface area (Å²) in [6.45, 7) is 1.71. The Morgan fingerprint density at radius 2 is 1.85 bits per heavy atom. The van der Waals surface area contributed by atoms with Crippen molar-refractivity contribution >= 4 is 33.4 Å². The van der Waals surface area contributed by atoms with Crippen molar-refractivity contribution in [2.75, 3.05) is 0 Å². The first kappa shape index (κ1) is 19.4. The van der Waals surface area contributed by atoms with Crippen LogP contribution in [0.5, 0.6) is 5.75 Å². The lowest BCUT2D eigenvalue weighted by molar-refractivity contribution is -0.127. The average Bonchev–Trinajstić information content (AvgIpc) is 2.69. The molecule has 27 heavy (non-hydrogen) atoms. The fraction of sp³-hybridized carbons (Fsp3) is 0.143. The number of amides is 1. The minimum absolute atomic E-state index is 0.239. The van der Waals surface area contributed by atoms with Gasteiger partial charge in [0, 0.05) is 11.2 Å². The zero-order chi connectivity index (χ0) is 19.2. The van der Waals surface area contributed by atoms with Gasteiger partial charge in [0.2, 0.25) is 0 Å². The summed E-state index contributed by atoms with van der Waals surface area (Å²) in [7, 11) is 0. The van der Waals surface area contributed by atoms with Gasteiger partial charge < -0.3 is 10.1 Å². The van der Waals surface area contributed by atoms with Gasteiger partial charge >= 0.3 is 0 Å². The van der Waals surface area contributed by atoms with E-state index in [1.54, 1.807) is 31.3 Å². The van der Waals surface area contributed by atoms with Gasteiger partial charge in [-0.1, -0.05) is 48.0 Å². The maximum Gasteiger partial charge on any atom is 0.261 e. The van der Waals surface area contributed by atoms with Crippen molar-refractivity contribution in [3.8, 4) is 5.75 Å². The quantitative estimate of drug-likeness (QED) is 0.569. The van der Waals surface area contributed by atoms with E-state index in [1.807, 2.05) is 48.5 Å². The summed E-state index contributed by atoms with van der Waals surface area (Å²) in [5.74, 6) is 0.313. The Kier molecular flexibility index (Phi) is 6.48. The molecule has 0 aliphatic heterocycles. The van der Waals surface area contributed by atoms with Crippen LogP contribution in [-0.4, -0.2) is 17.0 Å². The smallest absolute Gasteiger partial charge is 0.261 e. The number of nitrogens with one attached hydrogen (secondary N) is 1. The van der Waals surface area contributed by atoms with Gasteiger partial charge in [-0.25, -0.2) is 0 Å². The second-order valence-electron chi connectivity index (χ2n) is 5.94. The molecule has 0 spiro atoms. The Labute approximate surface area is 171 Å². The van der Waals surface area contributed by atoms with Crippen molar-refractivity contribution in [1.82, 2.24) is 10.3 Å². The molecule has 1 aromatic heterocycles. The van der Waals surface area contributed by atoms with Gasteiger partial charge in [-0.05, 0) is 58.7 Å². The third kappa shape index (κ3) is 5.08. The topological polar surface area (TPSA) is 51.2 Å². The molecular weight excluding hydrogens is 428 g/mol. The molecule has 2 aromatic carbocycles. The average molecular weight is 446 g/mol. The molecule has 3 rings (SSSR count). The number of aromatic nitrogens is 1. The van der Waals surface area contributed by atoms with E-state index in [0.29, 0.717) is 15.2 Å². The molecule has 4 nitrogen and oxygen atoms in total. The Morgan fingerprint density at radius 1 is 1.11 bits per heavy atom. The molecule has 0 fully saturated rings.